The van der Waals surface area contributed by atoms with E-state index in [1.54, 1.807) is 23.6 Å². The molecule has 1 aromatic heterocycles. The van der Waals surface area contributed by atoms with E-state index >= 15 is 0 Å². The van der Waals surface area contributed by atoms with Crippen LogP contribution in [0.3, 0.4) is 0 Å². The minimum atomic E-state index is -0.260. The van der Waals surface area contributed by atoms with Crippen LogP contribution in [0.5, 0.6) is 0 Å². The number of thioether (sulfide) groups is 1. The number of piperidine rings is 1. The molecule has 0 saturated carbocycles. The van der Waals surface area contributed by atoms with Gasteiger partial charge < -0.3 is 9.64 Å². The van der Waals surface area contributed by atoms with Gasteiger partial charge in [0.15, 0.2) is 0 Å². The van der Waals surface area contributed by atoms with Gasteiger partial charge in [-0.05, 0) is 37.1 Å². The van der Waals surface area contributed by atoms with E-state index in [1.807, 2.05) is 6.92 Å². The molecule has 0 aliphatic carbocycles. The summed E-state index contributed by atoms with van der Waals surface area (Å²) >= 11 is 1.34. The van der Waals surface area contributed by atoms with Crippen molar-refractivity contribution in [2.45, 2.75) is 37.1 Å². The van der Waals surface area contributed by atoms with Crippen LogP contribution < -0.4 is 0 Å². The Labute approximate surface area is 133 Å². The largest absolute Gasteiger partial charge is 0.466 e. The van der Waals surface area contributed by atoms with Crippen LogP contribution in [-0.4, -0.2) is 61.9 Å². The Kier molecular flexibility index (Phi) is 5.76. The third-order valence-corrected chi connectivity index (χ3v) is 4.75. The van der Waals surface area contributed by atoms with E-state index in [0.29, 0.717) is 37.7 Å². The number of nitrogens with zero attached hydrogens (tertiary/aromatic N) is 5. The number of hydrogen-bond donors (Lipinski definition) is 0. The van der Waals surface area contributed by atoms with Gasteiger partial charge in [-0.1, -0.05) is 11.8 Å². The maximum atomic E-state index is 12.4. The lowest BCUT2D eigenvalue weighted by molar-refractivity contribution is -0.151. The van der Waals surface area contributed by atoms with E-state index in [4.69, 9.17) is 4.74 Å². The molecule has 0 bridgehead atoms. The lowest BCUT2D eigenvalue weighted by atomic mass is 9.97. The summed E-state index contributed by atoms with van der Waals surface area (Å²) in [6.07, 6.45) is 1.32. The van der Waals surface area contributed by atoms with Gasteiger partial charge in [0.25, 0.3) is 0 Å². The Morgan fingerprint density at radius 2 is 2.09 bits per heavy atom. The number of carbonyl (C=O) groups is 2. The first-order valence-electron chi connectivity index (χ1n) is 7.37. The van der Waals surface area contributed by atoms with Gasteiger partial charge >= 0.3 is 5.97 Å². The predicted octanol–water partition coefficient (Wildman–Crippen LogP) is 0.492. The van der Waals surface area contributed by atoms with Gasteiger partial charge in [-0.25, -0.2) is 4.68 Å². The summed E-state index contributed by atoms with van der Waals surface area (Å²) in [6, 6.07) is 0. The summed E-state index contributed by atoms with van der Waals surface area (Å²) in [7, 11) is 1.74. The van der Waals surface area contributed by atoms with Crippen LogP contribution in [0.15, 0.2) is 5.16 Å². The number of amides is 1. The molecule has 1 aromatic rings. The van der Waals surface area contributed by atoms with Crippen molar-refractivity contribution in [2.75, 3.05) is 19.7 Å². The number of hydrogen-bond acceptors (Lipinski definition) is 7. The van der Waals surface area contributed by atoms with Crippen LogP contribution >= 0.6 is 11.8 Å². The highest BCUT2D eigenvalue weighted by molar-refractivity contribution is 8.00. The summed E-state index contributed by atoms with van der Waals surface area (Å²) in [4.78, 5) is 26.0. The molecular formula is C13H21N5O3S. The summed E-state index contributed by atoms with van der Waals surface area (Å²) in [5.41, 5.74) is 0. The van der Waals surface area contributed by atoms with Gasteiger partial charge in [0.05, 0.1) is 17.8 Å². The number of tetrazole rings is 1. The van der Waals surface area contributed by atoms with Crippen LogP contribution in [0.25, 0.3) is 0 Å². The quantitative estimate of drug-likeness (QED) is 0.574. The molecule has 0 aromatic carbocycles. The van der Waals surface area contributed by atoms with E-state index in [2.05, 4.69) is 15.5 Å². The van der Waals surface area contributed by atoms with E-state index < -0.39 is 0 Å². The van der Waals surface area contributed by atoms with Crippen LogP contribution in [0.1, 0.15) is 26.7 Å². The Morgan fingerprint density at radius 3 is 2.64 bits per heavy atom. The zero-order valence-corrected chi connectivity index (χ0v) is 13.9. The molecule has 122 valence electrons. The second kappa shape index (κ2) is 7.57. The Bertz CT molecular complexity index is 528. The highest BCUT2D eigenvalue weighted by Gasteiger charge is 2.30. The van der Waals surface area contributed by atoms with E-state index in [1.165, 1.54) is 11.8 Å². The summed E-state index contributed by atoms with van der Waals surface area (Å²) < 4.78 is 6.58. The van der Waals surface area contributed by atoms with Crippen molar-refractivity contribution >= 4 is 23.6 Å². The monoisotopic (exact) mass is 327 g/mol. The minimum Gasteiger partial charge on any atom is -0.466 e. The molecule has 2 rings (SSSR count). The standard InChI is InChI=1S/C13H21N5O3S/c1-4-21-12(20)10-5-7-18(8-6-10)11(19)9(2)22-13-14-15-16-17(13)3/h9-10H,4-8H2,1-3H3. The number of rotatable bonds is 5. The zero-order valence-electron chi connectivity index (χ0n) is 13.1. The average Bonchev–Trinajstić information content (AvgIpc) is 2.92. The van der Waals surface area contributed by atoms with Crippen LogP contribution in [-0.2, 0) is 21.4 Å². The number of esters is 1. The topological polar surface area (TPSA) is 90.2 Å². The number of aryl methyl sites for hydroxylation is 1. The van der Waals surface area contributed by atoms with Gasteiger partial charge in [0, 0.05) is 20.1 Å². The van der Waals surface area contributed by atoms with Gasteiger partial charge in [-0.15, -0.1) is 5.10 Å². The number of likely N-dealkylation sites (tertiary alicyclic amines) is 1. The average molecular weight is 327 g/mol. The molecular weight excluding hydrogens is 306 g/mol. The maximum Gasteiger partial charge on any atom is 0.309 e. The van der Waals surface area contributed by atoms with Gasteiger partial charge in [0.2, 0.25) is 11.1 Å². The molecule has 1 fully saturated rings. The zero-order chi connectivity index (χ0) is 16.1. The summed E-state index contributed by atoms with van der Waals surface area (Å²) in [5.74, 6) is -0.188. The van der Waals surface area contributed by atoms with Crippen LogP contribution in [0, 0.1) is 5.92 Å². The number of ether oxygens (including phenoxy) is 1. The van der Waals surface area contributed by atoms with Crippen molar-refractivity contribution in [3.8, 4) is 0 Å². The third-order valence-electron chi connectivity index (χ3n) is 3.64. The number of aromatic nitrogens is 4. The molecule has 0 spiro atoms. The van der Waals surface area contributed by atoms with Crippen molar-refractivity contribution in [1.82, 2.24) is 25.1 Å². The van der Waals surface area contributed by atoms with E-state index in [0.717, 1.165) is 0 Å². The van der Waals surface area contributed by atoms with Crippen molar-refractivity contribution in [2.24, 2.45) is 13.0 Å². The molecule has 1 atom stereocenters. The van der Waals surface area contributed by atoms with Crippen molar-refractivity contribution < 1.29 is 14.3 Å². The molecule has 22 heavy (non-hydrogen) atoms. The normalized spacial score (nSPS) is 17.3. The highest BCUT2D eigenvalue weighted by atomic mass is 32.2. The molecule has 1 amide bonds. The minimum absolute atomic E-state index is 0.0512. The molecule has 1 unspecified atom stereocenters. The van der Waals surface area contributed by atoms with Gasteiger partial charge in [0.1, 0.15) is 0 Å². The molecule has 2 heterocycles. The van der Waals surface area contributed by atoms with Gasteiger partial charge in [-0.3, -0.25) is 9.59 Å². The Balaban J connectivity index is 1.84. The molecule has 9 heteroatoms. The first kappa shape index (κ1) is 16.7. The molecule has 1 aliphatic rings. The fourth-order valence-corrected chi connectivity index (χ4v) is 3.22. The van der Waals surface area contributed by atoms with Crippen LogP contribution in [0.2, 0.25) is 0 Å². The molecule has 8 nitrogen and oxygen atoms in total. The Morgan fingerprint density at radius 1 is 1.41 bits per heavy atom. The van der Waals surface area contributed by atoms with Crippen molar-refractivity contribution in [3.63, 3.8) is 0 Å². The Hall–Kier alpha value is -1.64. The predicted molar refractivity (Wildman–Crippen MR) is 80.1 cm³/mol. The smallest absolute Gasteiger partial charge is 0.309 e. The lowest BCUT2D eigenvalue weighted by Gasteiger charge is -2.32. The number of carbonyl (C=O) groups excluding carboxylic acids is 2. The lowest BCUT2D eigenvalue weighted by Crippen LogP contribution is -2.43. The molecule has 0 N–H and O–H groups in total. The van der Waals surface area contributed by atoms with Gasteiger partial charge in [-0.2, -0.15) is 0 Å². The first-order chi connectivity index (χ1) is 10.5. The fourth-order valence-electron chi connectivity index (χ4n) is 2.38. The van der Waals surface area contributed by atoms with E-state index in [9.17, 15) is 9.59 Å². The summed E-state index contributed by atoms with van der Waals surface area (Å²) in [6.45, 7) is 5.22. The molecule has 1 aliphatic heterocycles. The highest BCUT2D eigenvalue weighted by Crippen LogP contribution is 2.24. The molecule has 0 radical (unpaired) electrons. The fraction of sp³-hybridized carbons (Fsp3) is 0.769. The van der Waals surface area contributed by atoms with Crippen molar-refractivity contribution in [3.05, 3.63) is 0 Å². The third kappa shape index (κ3) is 3.96. The molecule has 1 saturated heterocycles. The summed E-state index contributed by atoms with van der Waals surface area (Å²) in [5, 5.41) is 11.5. The van der Waals surface area contributed by atoms with Crippen LogP contribution in [0.4, 0.5) is 0 Å². The second-order valence-electron chi connectivity index (χ2n) is 5.20. The second-order valence-corrected chi connectivity index (χ2v) is 6.50. The first-order valence-corrected chi connectivity index (χ1v) is 8.25. The van der Waals surface area contributed by atoms with E-state index in [-0.39, 0.29) is 23.0 Å². The van der Waals surface area contributed by atoms with Crippen molar-refractivity contribution in [1.29, 1.82) is 0 Å². The maximum absolute atomic E-state index is 12.4. The SMILES string of the molecule is CCOC(=O)C1CCN(C(=O)C(C)Sc2nnnn2C)CC1.